The maximum atomic E-state index is 11.5. The Labute approximate surface area is 155 Å². The minimum atomic E-state index is 0.551. The molecule has 3 rings (SSSR count). The summed E-state index contributed by atoms with van der Waals surface area (Å²) in [6.45, 7) is 3.28. The van der Waals surface area contributed by atoms with E-state index in [1.54, 1.807) is 19.6 Å². The molecule has 2 aromatic heterocycles. The van der Waals surface area contributed by atoms with E-state index in [1.807, 2.05) is 37.3 Å². The lowest BCUT2D eigenvalue weighted by molar-refractivity contribution is 0.112. The number of aromatic nitrogens is 1. The summed E-state index contributed by atoms with van der Waals surface area (Å²) in [5.41, 5.74) is 3.63. The Balaban J connectivity index is 1.90. The van der Waals surface area contributed by atoms with Gasteiger partial charge in [0.15, 0.2) is 6.29 Å². The summed E-state index contributed by atoms with van der Waals surface area (Å²) < 4.78 is 5.08. The van der Waals surface area contributed by atoms with Gasteiger partial charge in [0, 0.05) is 31.2 Å². The first-order valence-electron chi connectivity index (χ1n) is 8.18. The molecule has 2 N–H and O–H groups in total. The fourth-order valence-corrected chi connectivity index (χ4v) is 3.42. The molecule has 1 aromatic carbocycles. The first-order chi connectivity index (χ1) is 12.7. The Morgan fingerprint density at radius 1 is 1.27 bits per heavy atom. The highest BCUT2D eigenvalue weighted by Gasteiger charge is 2.15. The molecule has 0 saturated carbocycles. The monoisotopic (exact) mass is 368 g/mol. The maximum Gasteiger partial charge on any atom is 0.162 e. The number of methoxy groups -OCH3 is 1. The second kappa shape index (κ2) is 8.55. The first kappa shape index (κ1) is 18.0. The van der Waals surface area contributed by atoms with E-state index in [9.17, 15) is 4.79 Å². The van der Waals surface area contributed by atoms with Crippen LogP contribution in [0, 0.1) is 6.92 Å². The van der Waals surface area contributed by atoms with Crippen molar-refractivity contribution < 1.29 is 9.53 Å². The Kier molecular flexibility index (Phi) is 5.93. The molecule has 6 nitrogen and oxygen atoms in total. The van der Waals surface area contributed by atoms with Crippen molar-refractivity contribution in [2.24, 2.45) is 4.99 Å². The van der Waals surface area contributed by atoms with Crippen LogP contribution in [0.25, 0.3) is 10.2 Å². The molecule has 3 aromatic rings. The van der Waals surface area contributed by atoms with Crippen molar-refractivity contribution >= 4 is 51.2 Å². The summed E-state index contributed by atoms with van der Waals surface area (Å²) in [6.07, 6.45) is 4.15. The van der Waals surface area contributed by atoms with Crippen LogP contribution in [-0.2, 0) is 4.74 Å². The average Bonchev–Trinajstić information content (AvgIpc) is 3.02. The summed E-state index contributed by atoms with van der Waals surface area (Å²) in [6, 6.07) is 9.88. The van der Waals surface area contributed by atoms with Crippen LogP contribution in [0.15, 0.2) is 41.5 Å². The fraction of sp³-hybridized carbons (Fsp3) is 0.211. The molecule has 0 amide bonds. The molecular weight excluding hydrogens is 348 g/mol. The second-order valence-electron chi connectivity index (χ2n) is 5.66. The van der Waals surface area contributed by atoms with Gasteiger partial charge in [-0.15, -0.1) is 11.3 Å². The number of rotatable bonds is 8. The van der Waals surface area contributed by atoms with E-state index >= 15 is 0 Å². The van der Waals surface area contributed by atoms with Gasteiger partial charge in [-0.1, -0.05) is 17.7 Å². The molecule has 0 aliphatic carbocycles. The SMILES string of the molecule is COCCNc1ccnc2sc(C=O)c(N=CNc3ccc(C)cc3)c12. The molecule has 0 atom stereocenters. The van der Waals surface area contributed by atoms with Gasteiger partial charge in [-0.3, -0.25) is 4.79 Å². The number of aryl methyl sites for hydroxylation is 1. The van der Waals surface area contributed by atoms with Crippen molar-refractivity contribution in [1.82, 2.24) is 4.98 Å². The highest BCUT2D eigenvalue weighted by atomic mass is 32.1. The molecule has 0 saturated heterocycles. The van der Waals surface area contributed by atoms with Crippen molar-refractivity contribution in [3.8, 4) is 0 Å². The summed E-state index contributed by atoms with van der Waals surface area (Å²) in [4.78, 5) is 21.7. The van der Waals surface area contributed by atoms with Gasteiger partial charge >= 0.3 is 0 Å². The summed E-state index contributed by atoms with van der Waals surface area (Å²) in [7, 11) is 1.66. The van der Waals surface area contributed by atoms with E-state index in [4.69, 9.17) is 4.74 Å². The highest BCUT2D eigenvalue weighted by molar-refractivity contribution is 7.21. The first-order valence-corrected chi connectivity index (χ1v) is 9.00. The standard InChI is InChI=1S/C19H20N4O2S/c1-13-3-5-14(6-4-13)22-12-23-18-16(11-24)26-19-17(18)15(7-8-21-19)20-9-10-25-2/h3-8,11-12H,9-10H2,1-2H3,(H,20,21)(H,22,23). The molecule has 0 aliphatic heterocycles. The van der Waals surface area contributed by atoms with Crippen molar-refractivity contribution in [2.75, 3.05) is 30.9 Å². The third-order valence-corrected chi connectivity index (χ3v) is 4.81. The molecule has 2 heterocycles. The van der Waals surface area contributed by atoms with Crippen LogP contribution in [0.4, 0.5) is 17.1 Å². The minimum Gasteiger partial charge on any atom is -0.383 e. The van der Waals surface area contributed by atoms with E-state index in [2.05, 4.69) is 20.6 Å². The number of hydrogen-bond acceptors (Lipinski definition) is 6. The van der Waals surface area contributed by atoms with Crippen LogP contribution >= 0.6 is 11.3 Å². The smallest absolute Gasteiger partial charge is 0.162 e. The van der Waals surface area contributed by atoms with Crippen molar-refractivity contribution in [2.45, 2.75) is 6.92 Å². The van der Waals surface area contributed by atoms with Crippen LogP contribution in [0.2, 0.25) is 0 Å². The predicted octanol–water partition coefficient (Wildman–Crippen LogP) is 4.25. The zero-order valence-corrected chi connectivity index (χ0v) is 15.5. The number of pyridine rings is 1. The Morgan fingerprint density at radius 2 is 2.08 bits per heavy atom. The van der Waals surface area contributed by atoms with E-state index in [-0.39, 0.29) is 0 Å². The van der Waals surface area contributed by atoms with Gasteiger partial charge in [0.05, 0.1) is 28.9 Å². The number of aldehydes is 1. The van der Waals surface area contributed by atoms with E-state index in [0.717, 1.165) is 27.9 Å². The van der Waals surface area contributed by atoms with Crippen molar-refractivity contribution in [1.29, 1.82) is 0 Å². The number of carbonyl (C=O) groups is 1. The van der Waals surface area contributed by atoms with Crippen LogP contribution in [0.3, 0.4) is 0 Å². The number of thiophene rings is 1. The van der Waals surface area contributed by atoms with Gasteiger partial charge < -0.3 is 15.4 Å². The molecule has 7 heteroatoms. The third kappa shape index (κ3) is 4.07. The number of aliphatic imine (C=N–C) groups is 1. The van der Waals surface area contributed by atoms with Crippen molar-refractivity contribution in [3.05, 3.63) is 47.0 Å². The molecule has 0 bridgehead atoms. The fourth-order valence-electron chi connectivity index (χ4n) is 2.49. The van der Waals surface area contributed by atoms with Gasteiger partial charge in [0.1, 0.15) is 4.83 Å². The Morgan fingerprint density at radius 3 is 2.81 bits per heavy atom. The lowest BCUT2D eigenvalue weighted by atomic mass is 10.2. The van der Waals surface area contributed by atoms with E-state index in [1.165, 1.54) is 16.9 Å². The van der Waals surface area contributed by atoms with Gasteiger partial charge in [0.25, 0.3) is 0 Å². The van der Waals surface area contributed by atoms with Gasteiger partial charge in [-0.05, 0) is 25.1 Å². The largest absolute Gasteiger partial charge is 0.383 e. The summed E-state index contributed by atoms with van der Waals surface area (Å²) in [5, 5.41) is 7.29. The highest BCUT2D eigenvalue weighted by Crippen LogP contribution is 2.39. The molecule has 134 valence electrons. The maximum absolute atomic E-state index is 11.5. The number of hydrogen-bond donors (Lipinski definition) is 2. The predicted molar refractivity (Wildman–Crippen MR) is 108 cm³/mol. The molecule has 0 spiro atoms. The van der Waals surface area contributed by atoms with E-state index < -0.39 is 0 Å². The van der Waals surface area contributed by atoms with Crippen molar-refractivity contribution in [3.63, 3.8) is 0 Å². The number of nitrogens with zero attached hydrogens (tertiary/aromatic N) is 2. The molecular formula is C19H20N4O2S. The minimum absolute atomic E-state index is 0.551. The number of carbonyl (C=O) groups excluding carboxylic acids is 1. The number of fused-ring (bicyclic) bond motifs is 1. The van der Waals surface area contributed by atoms with Crippen LogP contribution < -0.4 is 10.6 Å². The summed E-state index contributed by atoms with van der Waals surface area (Å²) in [5.74, 6) is 0. The zero-order chi connectivity index (χ0) is 18.4. The van der Waals surface area contributed by atoms with Crippen LogP contribution in [0.5, 0.6) is 0 Å². The van der Waals surface area contributed by atoms with Gasteiger partial charge in [-0.25, -0.2) is 9.98 Å². The molecule has 0 aliphatic rings. The lowest BCUT2D eigenvalue weighted by Crippen LogP contribution is -2.07. The average molecular weight is 368 g/mol. The number of benzene rings is 1. The van der Waals surface area contributed by atoms with Gasteiger partial charge in [0.2, 0.25) is 0 Å². The van der Waals surface area contributed by atoms with E-state index in [0.29, 0.717) is 23.7 Å². The molecule has 26 heavy (non-hydrogen) atoms. The number of ether oxygens (including phenoxy) is 1. The number of anilines is 2. The molecule has 0 unspecified atom stereocenters. The quantitative estimate of drug-likeness (QED) is 0.269. The Hall–Kier alpha value is -2.77. The van der Waals surface area contributed by atoms with Crippen LogP contribution in [0.1, 0.15) is 15.2 Å². The normalized spacial score (nSPS) is 11.2. The van der Waals surface area contributed by atoms with Gasteiger partial charge in [-0.2, -0.15) is 0 Å². The topological polar surface area (TPSA) is 75.6 Å². The third-order valence-electron chi connectivity index (χ3n) is 3.80. The molecule has 0 fully saturated rings. The number of nitrogens with one attached hydrogen (secondary N) is 2. The van der Waals surface area contributed by atoms with Crippen LogP contribution in [-0.4, -0.2) is 37.9 Å². The lowest BCUT2D eigenvalue weighted by Gasteiger charge is -2.07. The molecule has 0 radical (unpaired) electrons. The Bertz CT molecular complexity index is 919. The second-order valence-corrected chi connectivity index (χ2v) is 6.69. The zero-order valence-electron chi connectivity index (χ0n) is 14.7. The summed E-state index contributed by atoms with van der Waals surface area (Å²) >= 11 is 1.33.